The van der Waals surface area contributed by atoms with Crippen molar-refractivity contribution < 1.29 is 27.1 Å². The van der Waals surface area contributed by atoms with Gasteiger partial charge >= 0.3 is 6.18 Å². The van der Waals surface area contributed by atoms with Crippen molar-refractivity contribution in [3.8, 4) is 22.6 Å². The Morgan fingerprint density at radius 2 is 1.51 bits per heavy atom. The minimum atomic E-state index is -4.58. The molecule has 4 aromatic rings. The molecule has 178 valence electrons. The van der Waals surface area contributed by atoms with Crippen LogP contribution in [0.3, 0.4) is 0 Å². The Morgan fingerprint density at radius 3 is 2.17 bits per heavy atom. The van der Waals surface area contributed by atoms with Gasteiger partial charge in [-0.15, -0.1) is 0 Å². The molecule has 35 heavy (non-hydrogen) atoms. The van der Waals surface area contributed by atoms with Gasteiger partial charge in [0, 0.05) is 5.69 Å². The summed E-state index contributed by atoms with van der Waals surface area (Å²) in [4.78, 5) is 26.2. The van der Waals surface area contributed by atoms with Crippen LogP contribution in [0.4, 0.5) is 18.9 Å². The maximum atomic E-state index is 13.2. The van der Waals surface area contributed by atoms with E-state index in [0.29, 0.717) is 17.2 Å². The molecule has 3 aromatic carbocycles. The molecule has 1 aromatic heterocycles. The standard InChI is InChI=1S/C27H20F3NO4/c1-16-23(18-7-6-8-19(15-18)27(28,29)30)25(32)24(17(2)34-16)26(33)31-20-11-13-22(14-12-20)35-21-9-4-3-5-10-21/h3-15H,1-2H3,(H,31,33). The summed E-state index contributed by atoms with van der Waals surface area (Å²) in [5.41, 5.74) is -1.59. The third kappa shape index (κ3) is 5.27. The van der Waals surface area contributed by atoms with E-state index in [9.17, 15) is 22.8 Å². The largest absolute Gasteiger partial charge is 0.465 e. The van der Waals surface area contributed by atoms with E-state index in [1.54, 1.807) is 36.4 Å². The van der Waals surface area contributed by atoms with Crippen molar-refractivity contribution >= 4 is 11.6 Å². The number of halogens is 3. The van der Waals surface area contributed by atoms with Crippen LogP contribution in [0, 0.1) is 13.8 Å². The van der Waals surface area contributed by atoms with E-state index in [-0.39, 0.29) is 28.2 Å². The predicted octanol–water partition coefficient (Wildman–Crippen LogP) is 6.99. The number of aryl methyl sites for hydroxylation is 2. The van der Waals surface area contributed by atoms with Gasteiger partial charge in [0.1, 0.15) is 28.6 Å². The van der Waals surface area contributed by atoms with Gasteiger partial charge in [-0.05, 0) is 67.9 Å². The fourth-order valence-corrected chi connectivity index (χ4v) is 3.65. The number of nitrogens with one attached hydrogen (secondary N) is 1. The average molecular weight is 479 g/mol. The van der Waals surface area contributed by atoms with Crippen LogP contribution in [0.2, 0.25) is 0 Å². The molecule has 0 fully saturated rings. The van der Waals surface area contributed by atoms with Gasteiger partial charge in [-0.1, -0.05) is 30.3 Å². The van der Waals surface area contributed by atoms with Gasteiger partial charge in [0.25, 0.3) is 5.91 Å². The molecule has 4 rings (SSSR count). The zero-order chi connectivity index (χ0) is 25.2. The summed E-state index contributed by atoms with van der Waals surface area (Å²) in [5.74, 6) is 0.642. The average Bonchev–Trinajstić information content (AvgIpc) is 2.80. The fraction of sp³-hybridized carbons (Fsp3) is 0.111. The Kier molecular flexibility index (Phi) is 6.46. The van der Waals surface area contributed by atoms with E-state index < -0.39 is 23.1 Å². The summed E-state index contributed by atoms with van der Waals surface area (Å²) in [6.45, 7) is 2.92. The monoisotopic (exact) mass is 479 g/mol. The first-order valence-corrected chi connectivity index (χ1v) is 10.6. The predicted molar refractivity (Wildman–Crippen MR) is 126 cm³/mol. The zero-order valence-electron chi connectivity index (χ0n) is 18.8. The molecule has 0 radical (unpaired) electrons. The molecular formula is C27H20F3NO4. The number of carbonyl (C=O) groups is 1. The highest BCUT2D eigenvalue weighted by atomic mass is 19.4. The summed E-state index contributed by atoms with van der Waals surface area (Å²) in [6.07, 6.45) is -4.58. The smallest absolute Gasteiger partial charge is 0.416 e. The molecule has 1 N–H and O–H groups in total. The molecule has 0 bridgehead atoms. The molecule has 0 saturated heterocycles. The van der Waals surface area contributed by atoms with Crippen LogP contribution < -0.4 is 15.5 Å². The van der Waals surface area contributed by atoms with Crippen LogP contribution in [-0.4, -0.2) is 5.91 Å². The molecule has 0 unspecified atom stereocenters. The minimum Gasteiger partial charge on any atom is -0.465 e. The lowest BCUT2D eigenvalue weighted by molar-refractivity contribution is -0.137. The lowest BCUT2D eigenvalue weighted by Crippen LogP contribution is -2.24. The number of hydrogen-bond donors (Lipinski definition) is 1. The Balaban J connectivity index is 1.62. The van der Waals surface area contributed by atoms with Gasteiger partial charge in [-0.2, -0.15) is 13.2 Å². The second-order valence-corrected chi connectivity index (χ2v) is 7.77. The first-order chi connectivity index (χ1) is 16.6. The molecule has 1 heterocycles. The summed E-state index contributed by atoms with van der Waals surface area (Å²) < 4.78 is 50.8. The van der Waals surface area contributed by atoms with Crippen LogP contribution in [0.25, 0.3) is 11.1 Å². The summed E-state index contributed by atoms with van der Waals surface area (Å²) in [5, 5.41) is 2.63. The molecule has 5 nitrogen and oxygen atoms in total. The van der Waals surface area contributed by atoms with E-state index in [4.69, 9.17) is 9.15 Å². The highest BCUT2D eigenvalue weighted by Gasteiger charge is 2.31. The van der Waals surface area contributed by atoms with Crippen molar-refractivity contribution in [3.05, 3.63) is 112 Å². The van der Waals surface area contributed by atoms with Crippen LogP contribution in [0.15, 0.2) is 88.1 Å². The Hall–Kier alpha value is -4.33. The topological polar surface area (TPSA) is 68.5 Å². The van der Waals surface area contributed by atoms with E-state index >= 15 is 0 Å². The van der Waals surface area contributed by atoms with Crippen molar-refractivity contribution in [3.63, 3.8) is 0 Å². The molecule has 0 aliphatic rings. The van der Waals surface area contributed by atoms with Crippen molar-refractivity contribution in [2.24, 2.45) is 0 Å². The van der Waals surface area contributed by atoms with Crippen molar-refractivity contribution in [2.45, 2.75) is 20.0 Å². The fourth-order valence-electron chi connectivity index (χ4n) is 3.65. The van der Waals surface area contributed by atoms with Crippen LogP contribution in [0.1, 0.15) is 27.4 Å². The van der Waals surface area contributed by atoms with Crippen LogP contribution >= 0.6 is 0 Å². The van der Waals surface area contributed by atoms with Crippen molar-refractivity contribution in [1.29, 1.82) is 0 Å². The quantitative estimate of drug-likeness (QED) is 0.335. The van der Waals surface area contributed by atoms with Crippen molar-refractivity contribution in [1.82, 2.24) is 0 Å². The summed E-state index contributed by atoms with van der Waals surface area (Å²) >= 11 is 0. The Labute approximate surface area is 198 Å². The lowest BCUT2D eigenvalue weighted by Gasteiger charge is -2.13. The van der Waals surface area contributed by atoms with Gasteiger partial charge in [0.15, 0.2) is 0 Å². The van der Waals surface area contributed by atoms with Gasteiger partial charge in [-0.3, -0.25) is 9.59 Å². The number of benzene rings is 3. The molecule has 8 heteroatoms. The minimum absolute atomic E-state index is 0.0162. The number of carbonyl (C=O) groups excluding carboxylic acids is 1. The van der Waals surface area contributed by atoms with E-state index in [2.05, 4.69) is 5.32 Å². The van der Waals surface area contributed by atoms with Gasteiger partial charge in [0.2, 0.25) is 5.43 Å². The van der Waals surface area contributed by atoms with E-state index in [1.807, 2.05) is 18.2 Å². The summed E-state index contributed by atoms with van der Waals surface area (Å²) in [7, 11) is 0. The maximum absolute atomic E-state index is 13.2. The molecule has 0 spiro atoms. The SMILES string of the molecule is Cc1oc(C)c(-c2cccc(C(F)(F)F)c2)c(=O)c1C(=O)Nc1ccc(Oc2ccccc2)cc1. The highest BCUT2D eigenvalue weighted by Crippen LogP contribution is 2.32. The zero-order valence-corrected chi connectivity index (χ0v) is 18.8. The Bertz CT molecular complexity index is 1430. The molecule has 0 atom stereocenters. The lowest BCUT2D eigenvalue weighted by atomic mass is 9.99. The highest BCUT2D eigenvalue weighted by molar-refractivity contribution is 6.05. The number of anilines is 1. The number of hydrogen-bond acceptors (Lipinski definition) is 4. The third-order valence-electron chi connectivity index (χ3n) is 5.26. The number of rotatable bonds is 5. The third-order valence-corrected chi connectivity index (χ3v) is 5.26. The first-order valence-electron chi connectivity index (χ1n) is 10.6. The molecule has 1 amide bonds. The maximum Gasteiger partial charge on any atom is 0.416 e. The van der Waals surface area contributed by atoms with Crippen LogP contribution in [0.5, 0.6) is 11.5 Å². The van der Waals surface area contributed by atoms with Crippen LogP contribution in [-0.2, 0) is 6.18 Å². The van der Waals surface area contributed by atoms with E-state index in [0.717, 1.165) is 12.1 Å². The van der Waals surface area contributed by atoms with Gasteiger partial charge in [-0.25, -0.2) is 0 Å². The molecule has 0 aliphatic heterocycles. The number of alkyl halides is 3. The number of ether oxygens (including phenoxy) is 1. The van der Waals surface area contributed by atoms with Gasteiger partial charge in [0.05, 0.1) is 11.1 Å². The molecular weight excluding hydrogens is 459 g/mol. The Morgan fingerprint density at radius 1 is 0.857 bits per heavy atom. The second-order valence-electron chi connectivity index (χ2n) is 7.77. The summed E-state index contributed by atoms with van der Waals surface area (Å²) in [6, 6.07) is 20.0. The number of amides is 1. The first kappa shape index (κ1) is 23.8. The van der Waals surface area contributed by atoms with E-state index in [1.165, 1.54) is 26.0 Å². The van der Waals surface area contributed by atoms with Crippen molar-refractivity contribution in [2.75, 3.05) is 5.32 Å². The number of para-hydroxylation sites is 1. The molecule has 0 saturated carbocycles. The molecule has 0 aliphatic carbocycles. The van der Waals surface area contributed by atoms with Gasteiger partial charge < -0.3 is 14.5 Å². The second kappa shape index (κ2) is 9.50. The normalized spacial score (nSPS) is 11.2.